The van der Waals surface area contributed by atoms with Gasteiger partial charge in [0.1, 0.15) is 0 Å². The standard InChI is InChI=1S/C8H4ClF3N2O3/c9-4-3(14-7(17)8(10,11)12)1-2-13-5(4)6(15)16/h1-2H,(H,15,16)(H,13,14,17). The first-order chi connectivity index (χ1) is 7.73. The van der Waals surface area contributed by atoms with E-state index in [1.165, 1.54) is 5.32 Å². The van der Waals surface area contributed by atoms with Crippen molar-refractivity contribution in [1.82, 2.24) is 4.98 Å². The number of anilines is 1. The van der Waals surface area contributed by atoms with Gasteiger partial charge in [-0.15, -0.1) is 0 Å². The summed E-state index contributed by atoms with van der Waals surface area (Å²) in [4.78, 5) is 24.5. The maximum Gasteiger partial charge on any atom is 0.471 e. The highest BCUT2D eigenvalue weighted by Crippen LogP contribution is 2.26. The van der Waals surface area contributed by atoms with Gasteiger partial charge in [-0.1, -0.05) is 11.6 Å². The van der Waals surface area contributed by atoms with Gasteiger partial charge in [0.2, 0.25) is 0 Å². The second-order valence-electron chi connectivity index (χ2n) is 2.78. The van der Waals surface area contributed by atoms with Crippen molar-refractivity contribution in [2.45, 2.75) is 6.18 Å². The molecular formula is C8H4ClF3N2O3. The third-order valence-electron chi connectivity index (χ3n) is 1.60. The minimum atomic E-state index is -5.09. The highest BCUT2D eigenvalue weighted by molar-refractivity contribution is 6.36. The molecule has 5 nitrogen and oxygen atoms in total. The van der Waals surface area contributed by atoms with Crippen molar-refractivity contribution in [3.05, 3.63) is 23.0 Å². The quantitative estimate of drug-likeness (QED) is 0.859. The zero-order valence-electron chi connectivity index (χ0n) is 7.88. The lowest BCUT2D eigenvalue weighted by Gasteiger charge is -2.09. The van der Waals surface area contributed by atoms with E-state index in [0.29, 0.717) is 0 Å². The number of carboxylic acids is 1. The third kappa shape index (κ3) is 3.06. The van der Waals surface area contributed by atoms with Gasteiger partial charge >= 0.3 is 18.1 Å². The first-order valence-electron chi connectivity index (χ1n) is 3.99. The average Bonchev–Trinajstić information content (AvgIpc) is 2.19. The van der Waals surface area contributed by atoms with E-state index in [2.05, 4.69) is 4.98 Å². The van der Waals surface area contributed by atoms with Crippen molar-refractivity contribution in [3.8, 4) is 0 Å². The van der Waals surface area contributed by atoms with Gasteiger partial charge in [0.05, 0.1) is 10.7 Å². The number of halogens is 4. The van der Waals surface area contributed by atoms with Crippen LogP contribution in [0.2, 0.25) is 5.02 Å². The first-order valence-corrected chi connectivity index (χ1v) is 4.37. The molecule has 1 rings (SSSR count). The molecule has 0 bridgehead atoms. The van der Waals surface area contributed by atoms with Crippen LogP contribution in [0, 0.1) is 0 Å². The van der Waals surface area contributed by atoms with Gasteiger partial charge in [0, 0.05) is 6.20 Å². The predicted octanol–water partition coefficient (Wildman–Crippen LogP) is 1.93. The molecule has 17 heavy (non-hydrogen) atoms. The summed E-state index contributed by atoms with van der Waals surface area (Å²) in [5.41, 5.74) is -1.12. The SMILES string of the molecule is O=C(O)c1nccc(NC(=O)C(F)(F)F)c1Cl. The fraction of sp³-hybridized carbons (Fsp3) is 0.125. The summed E-state index contributed by atoms with van der Waals surface area (Å²) < 4.78 is 35.8. The van der Waals surface area contributed by atoms with Crippen LogP contribution in [0.25, 0.3) is 0 Å². The Morgan fingerprint density at radius 3 is 2.47 bits per heavy atom. The monoisotopic (exact) mass is 268 g/mol. The molecule has 1 heterocycles. The van der Waals surface area contributed by atoms with Crippen LogP contribution in [0.3, 0.4) is 0 Å². The van der Waals surface area contributed by atoms with Crippen molar-refractivity contribution in [2.24, 2.45) is 0 Å². The number of carbonyl (C=O) groups excluding carboxylic acids is 1. The smallest absolute Gasteiger partial charge is 0.471 e. The molecular weight excluding hydrogens is 265 g/mol. The molecule has 0 aliphatic carbocycles. The van der Waals surface area contributed by atoms with Crippen LogP contribution in [0.1, 0.15) is 10.5 Å². The molecule has 0 atom stereocenters. The molecule has 0 aliphatic rings. The first kappa shape index (κ1) is 13.2. The molecule has 1 amide bonds. The molecule has 0 saturated heterocycles. The molecule has 0 fully saturated rings. The van der Waals surface area contributed by atoms with Gasteiger partial charge in [-0.05, 0) is 6.07 Å². The number of carboxylic acid groups (broad SMARTS) is 1. The van der Waals surface area contributed by atoms with Gasteiger partial charge < -0.3 is 10.4 Å². The topological polar surface area (TPSA) is 79.3 Å². The van der Waals surface area contributed by atoms with Crippen molar-refractivity contribution in [2.75, 3.05) is 5.32 Å². The molecule has 1 aromatic rings. The van der Waals surface area contributed by atoms with E-state index >= 15 is 0 Å². The number of carbonyl (C=O) groups is 2. The minimum Gasteiger partial charge on any atom is -0.476 e. The second kappa shape index (κ2) is 4.58. The highest BCUT2D eigenvalue weighted by atomic mass is 35.5. The number of nitrogens with zero attached hydrogens (tertiary/aromatic N) is 1. The normalized spacial score (nSPS) is 11.1. The van der Waals surface area contributed by atoms with Crippen molar-refractivity contribution in [3.63, 3.8) is 0 Å². The maximum atomic E-state index is 11.9. The van der Waals surface area contributed by atoms with Gasteiger partial charge in [0.15, 0.2) is 5.69 Å². The molecule has 0 saturated carbocycles. The van der Waals surface area contributed by atoms with Crippen LogP contribution in [0.4, 0.5) is 18.9 Å². The van der Waals surface area contributed by atoms with Gasteiger partial charge in [-0.25, -0.2) is 9.78 Å². The van der Waals surface area contributed by atoms with E-state index in [1.807, 2.05) is 0 Å². The summed E-state index contributed by atoms with van der Waals surface area (Å²) in [6.45, 7) is 0. The molecule has 9 heteroatoms. The number of aromatic carboxylic acids is 1. The molecule has 0 radical (unpaired) electrons. The fourth-order valence-electron chi connectivity index (χ4n) is 0.883. The Balaban J connectivity index is 3.05. The van der Waals surface area contributed by atoms with E-state index in [0.717, 1.165) is 12.3 Å². The van der Waals surface area contributed by atoms with E-state index < -0.39 is 34.5 Å². The predicted molar refractivity (Wildman–Crippen MR) is 50.9 cm³/mol. The van der Waals surface area contributed by atoms with Crippen LogP contribution in [-0.2, 0) is 4.79 Å². The van der Waals surface area contributed by atoms with Crippen molar-refractivity contribution < 1.29 is 27.9 Å². The van der Waals surface area contributed by atoms with E-state index in [-0.39, 0.29) is 0 Å². The van der Waals surface area contributed by atoms with E-state index in [1.54, 1.807) is 0 Å². The van der Waals surface area contributed by atoms with Gasteiger partial charge in [0.25, 0.3) is 0 Å². The number of nitrogens with one attached hydrogen (secondary N) is 1. The Morgan fingerprint density at radius 2 is 2.00 bits per heavy atom. The Bertz CT molecular complexity index is 476. The molecule has 1 aromatic heterocycles. The Kier molecular flexibility index (Phi) is 3.56. The zero-order chi connectivity index (χ0) is 13.2. The van der Waals surface area contributed by atoms with Crippen molar-refractivity contribution >= 4 is 29.2 Å². The van der Waals surface area contributed by atoms with E-state index in [4.69, 9.17) is 16.7 Å². The van der Waals surface area contributed by atoms with Crippen LogP contribution < -0.4 is 5.32 Å². The molecule has 0 spiro atoms. The highest BCUT2D eigenvalue weighted by Gasteiger charge is 2.39. The van der Waals surface area contributed by atoms with Crippen LogP contribution in [0.5, 0.6) is 0 Å². The Labute approximate surface area is 97.2 Å². The summed E-state index contributed by atoms with van der Waals surface area (Å²) >= 11 is 5.47. The fourth-order valence-corrected chi connectivity index (χ4v) is 1.12. The molecule has 0 unspecified atom stereocenters. The van der Waals surface area contributed by atoms with Crippen molar-refractivity contribution in [1.29, 1.82) is 0 Å². The van der Waals surface area contributed by atoms with E-state index in [9.17, 15) is 22.8 Å². The van der Waals surface area contributed by atoms with Crippen LogP contribution in [0.15, 0.2) is 12.3 Å². The van der Waals surface area contributed by atoms with Crippen LogP contribution >= 0.6 is 11.6 Å². The molecule has 0 aliphatic heterocycles. The number of aromatic nitrogens is 1. The number of amides is 1. The van der Waals surface area contributed by atoms with Gasteiger partial charge in [-0.2, -0.15) is 13.2 Å². The summed E-state index contributed by atoms with van der Waals surface area (Å²) in [6.07, 6.45) is -4.17. The second-order valence-corrected chi connectivity index (χ2v) is 3.16. The summed E-state index contributed by atoms with van der Waals surface area (Å²) in [5.74, 6) is -3.76. The largest absolute Gasteiger partial charge is 0.476 e. The lowest BCUT2D eigenvalue weighted by Crippen LogP contribution is -2.30. The van der Waals surface area contributed by atoms with Crippen LogP contribution in [-0.4, -0.2) is 28.1 Å². The molecule has 0 aromatic carbocycles. The summed E-state index contributed by atoms with van der Waals surface area (Å²) in [6, 6.07) is 0.957. The number of rotatable bonds is 2. The maximum absolute atomic E-state index is 11.9. The Morgan fingerprint density at radius 1 is 1.41 bits per heavy atom. The zero-order valence-corrected chi connectivity index (χ0v) is 8.63. The summed E-state index contributed by atoms with van der Waals surface area (Å²) in [5, 5.41) is 9.48. The third-order valence-corrected chi connectivity index (χ3v) is 1.98. The molecule has 92 valence electrons. The molecule has 2 N–H and O–H groups in total. The number of hydrogen-bond acceptors (Lipinski definition) is 3. The minimum absolute atomic E-state index is 0.471. The number of hydrogen-bond donors (Lipinski definition) is 2. The lowest BCUT2D eigenvalue weighted by molar-refractivity contribution is -0.167. The van der Waals surface area contributed by atoms with Gasteiger partial charge in [-0.3, -0.25) is 4.79 Å². The number of alkyl halides is 3. The Hall–Kier alpha value is -1.83. The number of pyridine rings is 1. The summed E-state index contributed by atoms with van der Waals surface area (Å²) in [7, 11) is 0. The lowest BCUT2D eigenvalue weighted by atomic mass is 10.3. The average molecular weight is 269 g/mol.